The quantitative estimate of drug-likeness (QED) is 0.496. The Kier molecular flexibility index (Phi) is 5.34. The second-order valence-corrected chi connectivity index (χ2v) is 9.52. The molecule has 9 nitrogen and oxygen atoms in total. The Balaban J connectivity index is 1.57. The lowest BCUT2D eigenvalue weighted by atomic mass is 9.97. The highest BCUT2D eigenvalue weighted by atomic mass is 32.1. The number of aromatic nitrogens is 6. The number of H-pyrrole nitrogens is 1. The van der Waals surface area contributed by atoms with E-state index in [9.17, 15) is 0 Å². The summed E-state index contributed by atoms with van der Waals surface area (Å²) in [4.78, 5) is 14.0. The number of aryl methyl sites for hydroxylation is 1. The van der Waals surface area contributed by atoms with E-state index >= 15 is 0 Å². The normalized spacial score (nSPS) is 15.2. The van der Waals surface area contributed by atoms with Crippen molar-refractivity contribution in [2.24, 2.45) is 0 Å². The number of likely N-dealkylation sites (N-methyl/N-ethyl adjacent to an activating group) is 1. The second kappa shape index (κ2) is 8.18. The van der Waals surface area contributed by atoms with E-state index in [2.05, 4.69) is 52.8 Å². The van der Waals surface area contributed by atoms with E-state index < -0.39 is 0 Å². The molecule has 0 radical (unpaired) electrons. The van der Waals surface area contributed by atoms with Gasteiger partial charge in [0.15, 0.2) is 11.4 Å². The fourth-order valence-corrected chi connectivity index (χ4v) is 5.39. The smallest absolute Gasteiger partial charge is 0.197 e. The zero-order valence-corrected chi connectivity index (χ0v) is 19.9. The van der Waals surface area contributed by atoms with E-state index in [1.165, 1.54) is 11.3 Å². The van der Waals surface area contributed by atoms with E-state index in [0.29, 0.717) is 11.4 Å². The van der Waals surface area contributed by atoms with Gasteiger partial charge in [-0.05, 0) is 26.0 Å². The Hall–Kier alpha value is -2.98. The minimum atomic E-state index is 0.257. The van der Waals surface area contributed by atoms with E-state index in [0.717, 1.165) is 59.4 Å². The first-order valence-corrected chi connectivity index (χ1v) is 11.6. The van der Waals surface area contributed by atoms with E-state index in [1.54, 1.807) is 23.0 Å². The maximum absolute atomic E-state index is 5.56. The van der Waals surface area contributed by atoms with Crippen molar-refractivity contribution in [2.75, 3.05) is 45.2 Å². The molecule has 0 unspecified atom stereocenters. The molecule has 0 aromatic carbocycles. The topological polar surface area (TPSA) is 87.5 Å². The van der Waals surface area contributed by atoms with Crippen molar-refractivity contribution >= 4 is 22.0 Å². The minimum Gasteiger partial charge on any atom is -0.493 e. The summed E-state index contributed by atoms with van der Waals surface area (Å²) in [7, 11) is 3.82. The van der Waals surface area contributed by atoms with E-state index in [4.69, 9.17) is 14.8 Å². The molecular weight excluding hydrogens is 424 g/mol. The lowest BCUT2D eigenvalue weighted by molar-refractivity contribution is 0.313. The van der Waals surface area contributed by atoms with Crippen LogP contribution in [0.3, 0.4) is 0 Å². The number of methoxy groups -OCH3 is 1. The monoisotopic (exact) mass is 452 g/mol. The summed E-state index contributed by atoms with van der Waals surface area (Å²) >= 11 is 1.73. The molecule has 5 rings (SSSR count). The molecule has 1 aliphatic heterocycles. The molecule has 4 aromatic heterocycles. The first-order chi connectivity index (χ1) is 15.5. The molecular formula is C22H28N8OS. The summed E-state index contributed by atoms with van der Waals surface area (Å²) < 4.78 is 7.29. The Morgan fingerprint density at radius 3 is 2.69 bits per heavy atom. The van der Waals surface area contributed by atoms with Crippen molar-refractivity contribution in [3.63, 3.8) is 0 Å². The highest BCUT2D eigenvalue weighted by Crippen LogP contribution is 2.41. The number of piperazine rings is 1. The molecule has 5 heterocycles. The van der Waals surface area contributed by atoms with Gasteiger partial charge in [-0.3, -0.25) is 5.10 Å². The summed E-state index contributed by atoms with van der Waals surface area (Å²) in [5.74, 6) is 0.931. The van der Waals surface area contributed by atoms with Crippen LogP contribution in [0.2, 0.25) is 0 Å². The summed E-state index contributed by atoms with van der Waals surface area (Å²) in [5, 5.41) is 14.5. The number of aromatic amines is 1. The summed E-state index contributed by atoms with van der Waals surface area (Å²) in [5.41, 5.74) is 5.73. The number of thiazole rings is 1. The summed E-state index contributed by atoms with van der Waals surface area (Å²) in [6.45, 7) is 10.7. The van der Waals surface area contributed by atoms with Crippen LogP contribution in [0.25, 0.3) is 27.6 Å². The van der Waals surface area contributed by atoms with Crippen LogP contribution in [0, 0.1) is 6.92 Å². The van der Waals surface area contributed by atoms with Crippen LogP contribution in [-0.2, 0) is 0 Å². The minimum absolute atomic E-state index is 0.257. The molecule has 0 amide bonds. The van der Waals surface area contributed by atoms with Crippen LogP contribution < -0.4 is 9.64 Å². The number of hydrogen-bond donors (Lipinski definition) is 1. The van der Waals surface area contributed by atoms with Crippen LogP contribution in [0.1, 0.15) is 31.0 Å². The molecule has 1 saturated heterocycles. The SMILES string of the molecule is COc1cc(-c2[nH]nc(-c3nc(C)c(N4CCN(C)CC4)s3)c2C(C)C)cn2ncnc12. The number of nitrogens with zero attached hydrogens (tertiary/aromatic N) is 7. The molecule has 32 heavy (non-hydrogen) atoms. The highest BCUT2D eigenvalue weighted by molar-refractivity contribution is 7.19. The van der Waals surface area contributed by atoms with Gasteiger partial charge in [0, 0.05) is 43.5 Å². The third-order valence-electron chi connectivity index (χ3n) is 6.00. The molecule has 0 spiro atoms. The van der Waals surface area contributed by atoms with E-state index in [-0.39, 0.29) is 5.92 Å². The van der Waals surface area contributed by atoms with Crippen LogP contribution in [0.15, 0.2) is 18.6 Å². The largest absolute Gasteiger partial charge is 0.493 e. The van der Waals surface area contributed by atoms with Gasteiger partial charge in [0.25, 0.3) is 0 Å². The van der Waals surface area contributed by atoms with Crippen molar-refractivity contribution in [2.45, 2.75) is 26.7 Å². The maximum Gasteiger partial charge on any atom is 0.197 e. The molecule has 0 bridgehead atoms. The van der Waals surface area contributed by atoms with Crippen LogP contribution in [-0.4, -0.2) is 75.0 Å². The van der Waals surface area contributed by atoms with Gasteiger partial charge < -0.3 is 14.5 Å². The molecule has 168 valence electrons. The second-order valence-electron chi connectivity index (χ2n) is 8.54. The molecule has 0 saturated carbocycles. The van der Waals surface area contributed by atoms with Crippen LogP contribution >= 0.6 is 11.3 Å². The molecule has 1 fully saturated rings. The van der Waals surface area contributed by atoms with Gasteiger partial charge in [-0.2, -0.15) is 10.2 Å². The zero-order chi connectivity index (χ0) is 22.4. The number of rotatable bonds is 5. The average Bonchev–Trinajstić information content (AvgIpc) is 3.51. The fourth-order valence-electron chi connectivity index (χ4n) is 4.27. The molecule has 4 aromatic rings. The first kappa shape index (κ1) is 20.9. The third-order valence-corrected chi connectivity index (χ3v) is 7.22. The van der Waals surface area contributed by atoms with Gasteiger partial charge in [0.05, 0.1) is 18.5 Å². The number of nitrogens with one attached hydrogen (secondary N) is 1. The first-order valence-electron chi connectivity index (χ1n) is 10.8. The Morgan fingerprint density at radius 2 is 1.97 bits per heavy atom. The lowest BCUT2D eigenvalue weighted by Crippen LogP contribution is -2.44. The summed E-state index contributed by atoms with van der Waals surface area (Å²) in [6.07, 6.45) is 3.48. The fraction of sp³-hybridized carbons (Fsp3) is 0.455. The Labute approximate surface area is 191 Å². The number of anilines is 1. The van der Waals surface area contributed by atoms with Gasteiger partial charge in [-0.25, -0.2) is 14.5 Å². The van der Waals surface area contributed by atoms with Crippen molar-refractivity contribution in [3.05, 3.63) is 29.8 Å². The predicted octanol–water partition coefficient (Wildman–Crippen LogP) is 3.44. The standard InChI is InChI=1S/C22H28N8OS/c1-13(2)17-18(15-10-16(31-5)20-23-12-24-30(20)11-15)26-27-19(17)21-25-14(3)22(32-21)29-8-6-28(4)7-9-29/h10-13H,6-9H2,1-5H3,(H,26,27). The molecule has 1 N–H and O–H groups in total. The average molecular weight is 453 g/mol. The van der Waals surface area contributed by atoms with Gasteiger partial charge >= 0.3 is 0 Å². The van der Waals surface area contributed by atoms with Crippen molar-refractivity contribution < 1.29 is 4.74 Å². The van der Waals surface area contributed by atoms with Crippen molar-refractivity contribution in [1.82, 2.24) is 34.7 Å². The summed E-state index contributed by atoms with van der Waals surface area (Å²) in [6, 6.07) is 1.98. The number of ether oxygens (including phenoxy) is 1. The molecule has 1 aliphatic rings. The van der Waals surface area contributed by atoms with Gasteiger partial charge in [0.1, 0.15) is 22.0 Å². The number of fused-ring (bicyclic) bond motifs is 1. The van der Waals surface area contributed by atoms with E-state index in [1.807, 2.05) is 12.3 Å². The molecule has 10 heteroatoms. The molecule has 0 aliphatic carbocycles. The number of pyridine rings is 1. The van der Waals surface area contributed by atoms with Crippen molar-refractivity contribution in [1.29, 1.82) is 0 Å². The van der Waals surface area contributed by atoms with Gasteiger partial charge in [-0.1, -0.05) is 25.2 Å². The maximum atomic E-state index is 5.56. The predicted molar refractivity (Wildman–Crippen MR) is 127 cm³/mol. The van der Waals surface area contributed by atoms with Gasteiger partial charge in [0.2, 0.25) is 0 Å². The van der Waals surface area contributed by atoms with Crippen molar-refractivity contribution in [3.8, 4) is 27.7 Å². The number of hydrogen-bond acceptors (Lipinski definition) is 8. The Morgan fingerprint density at radius 1 is 1.19 bits per heavy atom. The highest BCUT2D eigenvalue weighted by Gasteiger charge is 2.25. The van der Waals surface area contributed by atoms with Crippen LogP contribution in [0.5, 0.6) is 5.75 Å². The third kappa shape index (κ3) is 3.53. The molecule has 0 atom stereocenters. The van der Waals surface area contributed by atoms with Crippen LogP contribution in [0.4, 0.5) is 5.00 Å². The Bertz CT molecular complexity index is 1250. The zero-order valence-electron chi connectivity index (χ0n) is 19.1. The van der Waals surface area contributed by atoms with Gasteiger partial charge in [-0.15, -0.1) is 0 Å². The lowest BCUT2D eigenvalue weighted by Gasteiger charge is -2.33.